The van der Waals surface area contributed by atoms with Crippen molar-refractivity contribution in [2.75, 3.05) is 9.80 Å². The molecule has 334 valence electrons. The van der Waals surface area contributed by atoms with E-state index < -0.39 is 0 Å². The number of aromatic nitrogens is 3. The quantitative estimate of drug-likeness (QED) is 0.144. The number of para-hydroxylation sites is 9. The Kier molecular flexibility index (Phi) is 9.46. The second-order valence-corrected chi connectivity index (χ2v) is 18.1. The Morgan fingerprint density at radius 3 is 1.04 bits per heavy atom. The number of nitrogens with zero attached hydrogens (tertiary/aromatic N) is 5. The zero-order valence-corrected chi connectivity index (χ0v) is 38.7. The van der Waals surface area contributed by atoms with Crippen LogP contribution in [0.4, 0.5) is 34.1 Å². The van der Waals surface area contributed by atoms with Crippen molar-refractivity contribution in [3.05, 3.63) is 273 Å². The highest BCUT2D eigenvalue weighted by Crippen LogP contribution is 2.51. The number of benzene rings is 11. The maximum Gasteiger partial charge on any atom is 0.0946 e. The van der Waals surface area contributed by atoms with Crippen LogP contribution >= 0.6 is 0 Å². The molecule has 0 unspecified atom stereocenters. The summed E-state index contributed by atoms with van der Waals surface area (Å²) in [5, 5.41) is 7.18. The van der Waals surface area contributed by atoms with Gasteiger partial charge in [-0.2, -0.15) is 0 Å². The molecule has 11 aromatic carbocycles. The van der Waals surface area contributed by atoms with E-state index in [4.69, 9.17) is 0 Å². The van der Waals surface area contributed by atoms with E-state index in [0.29, 0.717) is 0 Å². The smallest absolute Gasteiger partial charge is 0.0946 e. The summed E-state index contributed by atoms with van der Waals surface area (Å²) in [4.78, 5) is 4.94. The SMILES string of the molecule is c1ccc(N(c2ccc3c(c2)c2ccccc2n3-c2ccccc2)c2cccc(-n3c4ccccc4c4ccccc43)c2N(c2ccccc2)c2ccc3c(c2)c2ccccc2n3-c2ccccc2)cc1. The molecule has 71 heavy (non-hydrogen) atoms. The van der Waals surface area contributed by atoms with Gasteiger partial charge in [-0.3, -0.25) is 0 Å². The summed E-state index contributed by atoms with van der Waals surface area (Å²) in [6.45, 7) is 0. The summed E-state index contributed by atoms with van der Waals surface area (Å²) in [6, 6.07) is 99.1. The molecule has 14 rings (SSSR count). The van der Waals surface area contributed by atoms with Gasteiger partial charge >= 0.3 is 0 Å². The van der Waals surface area contributed by atoms with Crippen molar-refractivity contribution >= 4 is 99.5 Å². The van der Waals surface area contributed by atoms with Crippen molar-refractivity contribution in [1.29, 1.82) is 0 Å². The standard InChI is InChI=1S/C66H45N5/c1-5-22-46(23-6-1)67(50-40-42-62-56(44-50)54-32-15-17-34-58(54)69(62)48-26-9-3-10-27-48)64-38-21-39-65(71-60-36-19-13-30-52(60)53-31-14-20-37-61(53)71)66(64)68(47-24-7-2-8-25-47)51-41-43-63-57(45-51)55-33-16-18-35-59(55)70(63)49-28-11-4-12-29-49/h1-45H. The first-order valence-corrected chi connectivity index (χ1v) is 24.3. The fourth-order valence-corrected chi connectivity index (χ4v) is 11.2. The van der Waals surface area contributed by atoms with E-state index >= 15 is 0 Å². The van der Waals surface area contributed by atoms with E-state index in [-0.39, 0.29) is 0 Å². The molecule has 0 amide bonds. The third kappa shape index (κ3) is 6.48. The Balaban J connectivity index is 1.10. The van der Waals surface area contributed by atoms with E-state index in [1.807, 2.05) is 0 Å². The van der Waals surface area contributed by atoms with Gasteiger partial charge in [0.2, 0.25) is 0 Å². The molecule has 0 bridgehead atoms. The van der Waals surface area contributed by atoms with E-state index in [0.717, 1.165) is 73.3 Å². The molecule has 0 aliphatic carbocycles. The van der Waals surface area contributed by atoms with Gasteiger partial charge in [0.05, 0.1) is 50.2 Å². The van der Waals surface area contributed by atoms with Gasteiger partial charge in [-0.15, -0.1) is 0 Å². The topological polar surface area (TPSA) is 21.3 Å². The zero-order valence-electron chi connectivity index (χ0n) is 38.7. The first-order valence-electron chi connectivity index (χ1n) is 24.3. The number of anilines is 6. The van der Waals surface area contributed by atoms with Crippen LogP contribution in [0.5, 0.6) is 0 Å². The van der Waals surface area contributed by atoms with E-state index in [9.17, 15) is 0 Å². The van der Waals surface area contributed by atoms with E-state index in [1.165, 1.54) is 43.4 Å². The van der Waals surface area contributed by atoms with Crippen LogP contribution in [0.15, 0.2) is 273 Å². The van der Waals surface area contributed by atoms with Crippen LogP contribution in [-0.2, 0) is 0 Å². The van der Waals surface area contributed by atoms with Crippen molar-refractivity contribution in [3.63, 3.8) is 0 Å². The van der Waals surface area contributed by atoms with Gasteiger partial charge in [-0.1, -0.05) is 152 Å². The molecule has 5 heteroatoms. The van der Waals surface area contributed by atoms with Gasteiger partial charge in [0, 0.05) is 66.4 Å². The van der Waals surface area contributed by atoms with E-state index in [1.54, 1.807) is 0 Å². The summed E-state index contributed by atoms with van der Waals surface area (Å²) in [5.74, 6) is 0. The van der Waals surface area contributed by atoms with Crippen molar-refractivity contribution in [3.8, 4) is 17.1 Å². The Bertz CT molecular complexity index is 4230. The Morgan fingerprint density at radius 1 is 0.225 bits per heavy atom. The number of hydrogen-bond donors (Lipinski definition) is 0. The predicted molar refractivity (Wildman–Crippen MR) is 299 cm³/mol. The Hall–Kier alpha value is -9.58. The minimum Gasteiger partial charge on any atom is -0.309 e. The second kappa shape index (κ2) is 16.6. The molecular weight excluding hydrogens is 863 g/mol. The molecule has 3 heterocycles. The van der Waals surface area contributed by atoms with Crippen molar-refractivity contribution in [2.45, 2.75) is 0 Å². The molecule has 14 aromatic rings. The van der Waals surface area contributed by atoms with Crippen LogP contribution in [0.2, 0.25) is 0 Å². The molecule has 0 radical (unpaired) electrons. The van der Waals surface area contributed by atoms with Gasteiger partial charge in [0.25, 0.3) is 0 Å². The van der Waals surface area contributed by atoms with Crippen molar-refractivity contribution in [1.82, 2.24) is 13.7 Å². The maximum atomic E-state index is 2.48. The molecule has 0 saturated heterocycles. The van der Waals surface area contributed by atoms with E-state index in [2.05, 4.69) is 296 Å². The van der Waals surface area contributed by atoms with Crippen LogP contribution in [0, 0.1) is 0 Å². The average Bonchev–Trinajstić information content (AvgIpc) is 4.08. The monoisotopic (exact) mass is 907 g/mol. The van der Waals surface area contributed by atoms with Crippen LogP contribution in [0.1, 0.15) is 0 Å². The van der Waals surface area contributed by atoms with Crippen LogP contribution < -0.4 is 9.80 Å². The summed E-state index contributed by atoms with van der Waals surface area (Å²) in [7, 11) is 0. The Morgan fingerprint density at radius 2 is 0.577 bits per heavy atom. The summed E-state index contributed by atoms with van der Waals surface area (Å²) in [6.07, 6.45) is 0. The number of fused-ring (bicyclic) bond motifs is 9. The van der Waals surface area contributed by atoms with Gasteiger partial charge in [-0.25, -0.2) is 0 Å². The minimum absolute atomic E-state index is 1.03. The lowest BCUT2D eigenvalue weighted by atomic mass is 10.1. The molecule has 0 spiro atoms. The summed E-state index contributed by atoms with van der Waals surface area (Å²) < 4.78 is 7.25. The van der Waals surface area contributed by atoms with Crippen LogP contribution in [0.3, 0.4) is 0 Å². The second-order valence-electron chi connectivity index (χ2n) is 18.1. The highest BCUT2D eigenvalue weighted by atomic mass is 15.2. The van der Waals surface area contributed by atoms with Gasteiger partial charge < -0.3 is 23.5 Å². The lowest BCUT2D eigenvalue weighted by Crippen LogP contribution is -2.19. The molecule has 0 fully saturated rings. The van der Waals surface area contributed by atoms with Gasteiger partial charge in [-0.05, 0) is 121 Å². The first-order chi connectivity index (χ1) is 35.3. The van der Waals surface area contributed by atoms with Crippen LogP contribution in [0.25, 0.3) is 82.5 Å². The molecule has 0 aliphatic heterocycles. The fraction of sp³-hybridized carbons (Fsp3) is 0. The minimum atomic E-state index is 1.03. The lowest BCUT2D eigenvalue weighted by molar-refractivity contribution is 1.13. The zero-order chi connectivity index (χ0) is 46.8. The number of rotatable bonds is 9. The normalized spacial score (nSPS) is 11.7. The molecule has 5 nitrogen and oxygen atoms in total. The summed E-state index contributed by atoms with van der Waals surface area (Å²) in [5.41, 5.74) is 16.5. The lowest BCUT2D eigenvalue weighted by Gasteiger charge is -2.35. The third-order valence-corrected chi connectivity index (χ3v) is 14.2. The third-order valence-electron chi connectivity index (χ3n) is 14.2. The summed E-state index contributed by atoms with van der Waals surface area (Å²) >= 11 is 0. The molecule has 0 N–H and O–H groups in total. The average molecular weight is 908 g/mol. The number of hydrogen-bond acceptors (Lipinski definition) is 2. The van der Waals surface area contributed by atoms with Crippen molar-refractivity contribution in [2.24, 2.45) is 0 Å². The maximum absolute atomic E-state index is 2.48. The molecule has 0 aliphatic rings. The molecule has 0 saturated carbocycles. The van der Waals surface area contributed by atoms with Gasteiger partial charge in [0.15, 0.2) is 0 Å². The van der Waals surface area contributed by atoms with Gasteiger partial charge in [0.1, 0.15) is 0 Å². The fourth-order valence-electron chi connectivity index (χ4n) is 11.2. The predicted octanol–water partition coefficient (Wildman–Crippen LogP) is 17.9. The molecule has 0 atom stereocenters. The first kappa shape index (κ1) is 40.5. The highest BCUT2D eigenvalue weighted by molar-refractivity contribution is 6.14. The molecular formula is C66H45N5. The largest absolute Gasteiger partial charge is 0.309 e. The molecule has 3 aromatic heterocycles. The highest BCUT2D eigenvalue weighted by Gasteiger charge is 2.29. The van der Waals surface area contributed by atoms with Crippen molar-refractivity contribution < 1.29 is 0 Å². The Labute approximate surface area is 411 Å². The van der Waals surface area contributed by atoms with Crippen LogP contribution in [-0.4, -0.2) is 13.7 Å².